The molecular formula is C14H18BrNO3. The van der Waals surface area contributed by atoms with Crippen LogP contribution < -0.4 is 0 Å². The highest BCUT2D eigenvalue weighted by Gasteiger charge is 2.15. The molecule has 0 aromatic heterocycles. The van der Waals surface area contributed by atoms with Crippen molar-refractivity contribution in [2.24, 2.45) is 0 Å². The number of nitrogens with zero attached hydrogens (tertiary/aromatic N) is 1. The molecule has 1 aromatic carbocycles. The van der Waals surface area contributed by atoms with Gasteiger partial charge in [-0.05, 0) is 37.6 Å². The number of ether oxygens (including phenoxy) is 1. The van der Waals surface area contributed by atoms with E-state index in [4.69, 9.17) is 4.74 Å². The Morgan fingerprint density at radius 1 is 1.37 bits per heavy atom. The quantitative estimate of drug-likeness (QED) is 0.781. The van der Waals surface area contributed by atoms with E-state index >= 15 is 0 Å². The van der Waals surface area contributed by atoms with E-state index in [9.17, 15) is 9.59 Å². The van der Waals surface area contributed by atoms with Crippen molar-refractivity contribution in [3.63, 3.8) is 0 Å². The van der Waals surface area contributed by atoms with Crippen LogP contribution in [0, 0.1) is 6.92 Å². The molecule has 0 unspecified atom stereocenters. The number of carbonyl (C=O) groups excluding carboxylic acids is 2. The van der Waals surface area contributed by atoms with E-state index in [1.807, 2.05) is 19.1 Å². The molecule has 4 nitrogen and oxygen atoms in total. The summed E-state index contributed by atoms with van der Waals surface area (Å²) in [4.78, 5) is 25.0. The summed E-state index contributed by atoms with van der Waals surface area (Å²) in [6.07, 6.45) is 0.214. The van der Waals surface area contributed by atoms with Crippen molar-refractivity contribution in [1.82, 2.24) is 4.90 Å². The van der Waals surface area contributed by atoms with Crippen LogP contribution in [0.2, 0.25) is 0 Å². The summed E-state index contributed by atoms with van der Waals surface area (Å²) in [5, 5.41) is 0. The molecule has 1 rings (SSSR count). The lowest BCUT2D eigenvalue weighted by Crippen LogP contribution is -2.30. The molecular weight excluding hydrogens is 310 g/mol. The van der Waals surface area contributed by atoms with Gasteiger partial charge in [-0.15, -0.1) is 0 Å². The van der Waals surface area contributed by atoms with E-state index in [0.29, 0.717) is 18.7 Å². The summed E-state index contributed by atoms with van der Waals surface area (Å²) >= 11 is 3.36. The van der Waals surface area contributed by atoms with Crippen LogP contribution >= 0.6 is 15.9 Å². The van der Waals surface area contributed by atoms with E-state index in [2.05, 4.69) is 15.9 Å². The molecule has 0 heterocycles. The van der Waals surface area contributed by atoms with Gasteiger partial charge in [-0.3, -0.25) is 9.59 Å². The molecule has 1 amide bonds. The lowest BCUT2D eigenvalue weighted by molar-refractivity contribution is -0.143. The van der Waals surface area contributed by atoms with Gasteiger partial charge in [-0.1, -0.05) is 15.9 Å². The first-order valence-corrected chi connectivity index (χ1v) is 6.92. The van der Waals surface area contributed by atoms with Crippen LogP contribution in [-0.4, -0.2) is 37.0 Å². The molecule has 0 aliphatic heterocycles. The van der Waals surface area contributed by atoms with Gasteiger partial charge in [0.2, 0.25) is 0 Å². The van der Waals surface area contributed by atoms with Crippen molar-refractivity contribution in [3.8, 4) is 0 Å². The highest BCUT2D eigenvalue weighted by atomic mass is 79.9. The highest BCUT2D eigenvalue weighted by Crippen LogP contribution is 2.17. The third-order valence-corrected chi connectivity index (χ3v) is 3.22. The average molecular weight is 328 g/mol. The van der Waals surface area contributed by atoms with Gasteiger partial charge in [0, 0.05) is 23.6 Å². The molecule has 19 heavy (non-hydrogen) atoms. The Hall–Kier alpha value is -1.36. The van der Waals surface area contributed by atoms with Crippen molar-refractivity contribution in [2.75, 3.05) is 20.2 Å². The molecule has 0 bridgehead atoms. The number of carbonyl (C=O) groups is 2. The zero-order valence-electron chi connectivity index (χ0n) is 11.4. The fourth-order valence-corrected chi connectivity index (χ4v) is 2.14. The topological polar surface area (TPSA) is 46.6 Å². The van der Waals surface area contributed by atoms with E-state index < -0.39 is 0 Å². The van der Waals surface area contributed by atoms with Crippen LogP contribution in [0.5, 0.6) is 0 Å². The van der Waals surface area contributed by atoms with Crippen molar-refractivity contribution in [2.45, 2.75) is 20.3 Å². The van der Waals surface area contributed by atoms with Crippen LogP contribution in [-0.2, 0) is 9.53 Å². The van der Waals surface area contributed by atoms with Crippen molar-refractivity contribution >= 4 is 27.8 Å². The van der Waals surface area contributed by atoms with Gasteiger partial charge in [-0.25, -0.2) is 0 Å². The van der Waals surface area contributed by atoms with E-state index in [-0.39, 0.29) is 18.3 Å². The number of rotatable bonds is 5. The summed E-state index contributed by atoms with van der Waals surface area (Å²) < 4.78 is 5.77. The number of amides is 1. The zero-order chi connectivity index (χ0) is 14.4. The summed E-state index contributed by atoms with van der Waals surface area (Å²) in [7, 11) is 1.68. The molecule has 0 N–H and O–H groups in total. The minimum atomic E-state index is -0.283. The summed E-state index contributed by atoms with van der Waals surface area (Å²) in [6, 6.07) is 5.51. The lowest BCUT2D eigenvalue weighted by Gasteiger charge is -2.18. The zero-order valence-corrected chi connectivity index (χ0v) is 13.0. The van der Waals surface area contributed by atoms with Crippen LogP contribution in [0.3, 0.4) is 0 Å². The molecule has 0 aliphatic rings. The monoisotopic (exact) mass is 327 g/mol. The Labute approximate surface area is 121 Å². The van der Waals surface area contributed by atoms with Gasteiger partial charge in [0.25, 0.3) is 5.91 Å². The smallest absolute Gasteiger partial charge is 0.307 e. The number of hydrogen-bond acceptors (Lipinski definition) is 3. The molecule has 1 aromatic rings. The fraction of sp³-hybridized carbons (Fsp3) is 0.429. The van der Waals surface area contributed by atoms with E-state index in [0.717, 1.165) is 10.0 Å². The first kappa shape index (κ1) is 15.7. The van der Waals surface area contributed by atoms with Gasteiger partial charge < -0.3 is 9.64 Å². The maximum absolute atomic E-state index is 12.2. The standard InChI is InChI=1S/C14H18BrNO3/c1-4-19-13(17)7-8-16(3)14(18)12-6-5-11(15)9-10(12)2/h5-6,9H,4,7-8H2,1-3H3. The van der Waals surface area contributed by atoms with Gasteiger partial charge in [0.15, 0.2) is 0 Å². The summed E-state index contributed by atoms with van der Waals surface area (Å²) in [5.41, 5.74) is 1.55. The predicted molar refractivity (Wildman–Crippen MR) is 77.1 cm³/mol. The normalized spacial score (nSPS) is 10.1. The minimum Gasteiger partial charge on any atom is -0.466 e. The Kier molecular flexibility index (Phi) is 6.02. The predicted octanol–water partition coefficient (Wildman–Crippen LogP) is 2.78. The lowest BCUT2D eigenvalue weighted by atomic mass is 10.1. The van der Waals surface area contributed by atoms with Gasteiger partial charge in [-0.2, -0.15) is 0 Å². The summed E-state index contributed by atoms with van der Waals surface area (Å²) in [5.74, 6) is -0.371. The van der Waals surface area contributed by atoms with Crippen molar-refractivity contribution in [1.29, 1.82) is 0 Å². The molecule has 0 atom stereocenters. The maximum Gasteiger partial charge on any atom is 0.307 e. The second-order valence-electron chi connectivity index (χ2n) is 4.24. The number of halogens is 1. The van der Waals surface area contributed by atoms with E-state index in [1.54, 1.807) is 20.0 Å². The van der Waals surface area contributed by atoms with Crippen LogP contribution in [0.1, 0.15) is 29.3 Å². The van der Waals surface area contributed by atoms with Gasteiger partial charge >= 0.3 is 5.97 Å². The molecule has 0 saturated carbocycles. The number of hydrogen-bond donors (Lipinski definition) is 0. The molecule has 0 radical (unpaired) electrons. The summed E-state index contributed by atoms with van der Waals surface area (Å²) in [6.45, 7) is 4.37. The fourth-order valence-electron chi connectivity index (χ4n) is 1.67. The Balaban J connectivity index is 2.64. The molecule has 5 heteroatoms. The van der Waals surface area contributed by atoms with E-state index in [1.165, 1.54) is 4.90 Å². The van der Waals surface area contributed by atoms with Crippen molar-refractivity contribution in [3.05, 3.63) is 33.8 Å². The number of esters is 1. The Morgan fingerprint density at radius 3 is 2.63 bits per heavy atom. The molecule has 104 valence electrons. The second-order valence-corrected chi connectivity index (χ2v) is 5.16. The number of benzene rings is 1. The average Bonchev–Trinajstić information content (AvgIpc) is 2.35. The van der Waals surface area contributed by atoms with Crippen LogP contribution in [0.4, 0.5) is 0 Å². The Bertz CT molecular complexity index is 474. The Morgan fingerprint density at radius 2 is 2.05 bits per heavy atom. The molecule has 0 spiro atoms. The highest BCUT2D eigenvalue weighted by molar-refractivity contribution is 9.10. The van der Waals surface area contributed by atoms with Gasteiger partial charge in [0.05, 0.1) is 13.0 Å². The SMILES string of the molecule is CCOC(=O)CCN(C)C(=O)c1ccc(Br)cc1C. The molecule has 0 saturated heterocycles. The number of aryl methyl sites for hydroxylation is 1. The largest absolute Gasteiger partial charge is 0.466 e. The maximum atomic E-state index is 12.2. The van der Waals surface area contributed by atoms with Gasteiger partial charge in [0.1, 0.15) is 0 Å². The third-order valence-electron chi connectivity index (χ3n) is 2.72. The van der Waals surface area contributed by atoms with Crippen LogP contribution in [0.25, 0.3) is 0 Å². The minimum absolute atomic E-state index is 0.0886. The third kappa shape index (κ3) is 4.67. The first-order chi connectivity index (χ1) is 8.95. The second kappa shape index (κ2) is 7.28. The molecule has 0 aliphatic carbocycles. The molecule has 0 fully saturated rings. The van der Waals surface area contributed by atoms with Crippen molar-refractivity contribution < 1.29 is 14.3 Å². The van der Waals surface area contributed by atoms with Crippen LogP contribution in [0.15, 0.2) is 22.7 Å². The first-order valence-electron chi connectivity index (χ1n) is 6.13.